The molecule has 164 valence electrons. The summed E-state index contributed by atoms with van der Waals surface area (Å²) in [4.78, 5) is 19.0. The molecular weight excluding hydrogens is 443 g/mol. The third kappa shape index (κ3) is 4.86. The van der Waals surface area contributed by atoms with Crippen LogP contribution < -0.4 is 9.64 Å². The van der Waals surface area contributed by atoms with E-state index in [9.17, 15) is 17.6 Å². The van der Waals surface area contributed by atoms with Crippen molar-refractivity contribution in [2.24, 2.45) is 0 Å². The van der Waals surface area contributed by atoms with E-state index in [0.717, 1.165) is 24.2 Å². The van der Waals surface area contributed by atoms with Gasteiger partial charge in [0.15, 0.2) is 15.0 Å². The van der Waals surface area contributed by atoms with Crippen LogP contribution in [0.3, 0.4) is 0 Å². The fraction of sp³-hybridized carbons (Fsp3) is 0.333. The van der Waals surface area contributed by atoms with E-state index >= 15 is 0 Å². The first-order chi connectivity index (χ1) is 14.9. The van der Waals surface area contributed by atoms with E-state index in [1.807, 2.05) is 0 Å². The number of thiazole rings is 1. The van der Waals surface area contributed by atoms with E-state index in [2.05, 4.69) is 4.98 Å². The van der Waals surface area contributed by atoms with Gasteiger partial charge in [-0.2, -0.15) is 0 Å². The number of fused-ring (bicyclic) bond motifs is 1. The average Bonchev–Trinajstić information content (AvgIpc) is 3.40. The second kappa shape index (κ2) is 8.89. The molecule has 0 spiro atoms. The predicted octanol–water partition coefficient (Wildman–Crippen LogP) is 3.43. The van der Waals surface area contributed by atoms with Crippen molar-refractivity contribution in [1.29, 1.82) is 0 Å². The molecule has 0 saturated carbocycles. The number of benzene rings is 2. The van der Waals surface area contributed by atoms with Crippen LogP contribution in [-0.4, -0.2) is 51.4 Å². The summed E-state index contributed by atoms with van der Waals surface area (Å²) in [6.07, 6.45) is 1.45. The molecule has 0 bridgehead atoms. The third-order valence-corrected chi connectivity index (χ3v) is 7.67. The van der Waals surface area contributed by atoms with Gasteiger partial charge >= 0.3 is 0 Å². The first kappa shape index (κ1) is 21.7. The molecule has 1 fully saturated rings. The van der Waals surface area contributed by atoms with Crippen LogP contribution in [-0.2, 0) is 19.4 Å². The SMILES string of the molecule is COc1ccc(S(=O)(=O)CC(=O)N(CC2CCCO2)c2nc3ccc(F)cc3s2)cc1. The normalized spacial score (nSPS) is 16.5. The Labute approximate surface area is 183 Å². The van der Waals surface area contributed by atoms with Gasteiger partial charge in [-0.1, -0.05) is 11.3 Å². The molecule has 3 aromatic rings. The zero-order valence-electron chi connectivity index (χ0n) is 16.8. The number of hydrogen-bond donors (Lipinski definition) is 0. The average molecular weight is 465 g/mol. The fourth-order valence-corrected chi connectivity index (χ4v) is 5.60. The van der Waals surface area contributed by atoms with Gasteiger partial charge in [0.2, 0.25) is 5.91 Å². The van der Waals surface area contributed by atoms with E-state index in [1.54, 1.807) is 0 Å². The number of hydrogen-bond acceptors (Lipinski definition) is 7. The highest BCUT2D eigenvalue weighted by atomic mass is 32.2. The molecule has 1 aliphatic heterocycles. The number of aromatic nitrogens is 1. The molecule has 1 aromatic heterocycles. The molecule has 0 N–H and O–H groups in total. The van der Waals surface area contributed by atoms with Gasteiger partial charge < -0.3 is 9.47 Å². The number of anilines is 1. The van der Waals surface area contributed by atoms with Gasteiger partial charge in [0.25, 0.3) is 0 Å². The Balaban J connectivity index is 1.62. The number of amides is 1. The molecule has 4 rings (SSSR count). The molecule has 1 aliphatic rings. The minimum Gasteiger partial charge on any atom is -0.497 e. The minimum atomic E-state index is -3.88. The van der Waals surface area contributed by atoms with Crippen LogP contribution in [0.15, 0.2) is 47.4 Å². The smallest absolute Gasteiger partial charge is 0.244 e. The predicted molar refractivity (Wildman–Crippen MR) is 116 cm³/mol. The van der Waals surface area contributed by atoms with Crippen LogP contribution in [0.5, 0.6) is 5.75 Å². The van der Waals surface area contributed by atoms with Crippen molar-refractivity contribution in [3.05, 3.63) is 48.3 Å². The molecule has 1 amide bonds. The largest absolute Gasteiger partial charge is 0.497 e. The van der Waals surface area contributed by atoms with Gasteiger partial charge in [-0.05, 0) is 55.3 Å². The zero-order chi connectivity index (χ0) is 22.0. The number of ether oxygens (including phenoxy) is 2. The quantitative estimate of drug-likeness (QED) is 0.533. The Morgan fingerprint density at radius 2 is 2.06 bits per heavy atom. The maximum Gasteiger partial charge on any atom is 0.244 e. The number of sulfone groups is 1. The lowest BCUT2D eigenvalue weighted by Crippen LogP contribution is -2.40. The van der Waals surface area contributed by atoms with E-state index in [-0.39, 0.29) is 17.5 Å². The van der Waals surface area contributed by atoms with Crippen molar-refractivity contribution >= 4 is 42.4 Å². The second-order valence-electron chi connectivity index (χ2n) is 7.18. The van der Waals surface area contributed by atoms with E-state index in [4.69, 9.17) is 9.47 Å². The summed E-state index contributed by atoms with van der Waals surface area (Å²) in [7, 11) is -2.39. The summed E-state index contributed by atoms with van der Waals surface area (Å²) in [6.45, 7) is 0.793. The number of carbonyl (C=O) groups excluding carboxylic acids is 1. The standard InChI is InChI=1S/C21H21FN2O5S2/c1-28-15-5-7-17(8-6-15)31(26,27)13-20(25)24(12-16-3-2-10-29-16)21-23-18-9-4-14(22)11-19(18)30-21/h4-9,11,16H,2-3,10,12-13H2,1H3. The molecule has 31 heavy (non-hydrogen) atoms. The maximum atomic E-state index is 13.6. The van der Waals surface area contributed by atoms with Gasteiger partial charge in [0.1, 0.15) is 17.3 Å². The third-order valence-electron chi connectivity index (χ3n) is 5.01. The number of rotatable bonds is 7. The summed E-state index contributed by atoms with van der Waals surface area (Å²) in [5.74, 6) is -1.20. The molecule has 10 heteroatoms. The lowest BCUT2D eigenvalue weighted by molar-refractivity contribution is -0.116. The highest BCUT2D eigenvalue weighted by Gasteiger charge is 2.30. The Morgan fingerprint density at radius 1 is 1.29 bits per heavy atom. The van der Waals surface area contributed by atoms with Crippen molar-refractivity contribution in [3.8, 4) is 5.75 Å². The van der Waals surface area contributed by atoms with Gasteiger partial charge in [-0.3, -0.25) is 9.69 Å². The van der Waals surface area contributed by atoms with Crippen LogP contribution in [0.4, 0.5) is 9.52 Å². The summed E-state index contributed by atoms with van der Waals surface area (Å²) >= 11 is 1.15. The Hall–Kier alpha value is -2.56. The maximum absolute atomic E-state index is 13.6. The lowest BCUT2D eigenvalue weighted by Gasteiger charge is -2.23. The summed E-state index contributed by atoms with van der Waals surface area (Å²) in [6, 6.07) is 10.1. The molecule has 1 unspecified atom stereocenters. The molecule has 0 radical (unpaired) electrons. The van der Waals surface area contributed by atoms with Gasteiger partial charge in [-0.25, -0.2) is 17.8 Å². The molecule has 1 saturated heterocycles. The fourth-order valence-electron chi connectivity index (χ4n) is 3.39. The molecule has 2 aromatic carbocycles. The van der Waals surface area contributed by atoms with Crippen LogP contribution in [0, 0.1) is 5.82 Å². The molecule has 2 heterocycles. The van der Waals surface area contributed by atoms with Crippen molar-refractivity contribution < 1.29 is 27.1 Å². The van der Waals surface area contributed by atoms with Gasteiger partial charge in [0, 0.05) is 6.61 Å². The summed E-state index contributed by atoms with van der Waals surface area (Å²) in [5, 5.41) is 0.325. The number of carbonyl (C=O) groups is 1. The summed E-state index contributed by atoms with van der Waals surface area (Å²) in [5.41, 5.74) is 0.546. The Kier molecular flexibility index (Phi) is 6.22. The van der Waals surface area contributed by atoms with Gasteiger partial charge in [0.05, 0.1) is 34.9 Å². The van der Waals surface area contributed by atoms with Crippen molar-refractivity contribution in [2.75, 3.05) is 30.9 Å². The lowest BCUT2D eigenvalue weighted by atomic mass is 10.2. The zero-order valence-corrected chi connectivity index (χ0v) is 18.4. The van der Waals surface area contributed by atoms with Crippen molar-refractivity contribution in [1.82, 2.24) is 4.98 Å². The van der Waals surface area contributed by atoms with Crippen molar-refractivity contribution in [3.63, 3.8) is 0 Å². The van der Waals surface area contributed by atoms with Crippen molar-refractivity contribution in [2.45, 2.75) is 23.8 Å². The Morgan fingerprint density at radius 3 is 2.74 bits per heavy atom. The molecule has 1 atom stereocenters. The first-order valence-electron chi connectivity index (χ1n) is 9.70. The van der Waals surface area contributed by atoms with E-state index in [1.165, 1.54) is 54.5 Å². The molecular formula is C21H21FN2O5S2. The number of halogens is 1. The number of nitrogens with zero attached hydrogens (tertiary/aromatic N) is 2. The van der Waals surface area contributed by atoms with E-state index < -0.39 is 27.3 Å². The highest BCUT2D eigenvalue weighted by Crippen LogP contribution is 2.31. The highest BCUT2D eigenvalue weighted by molar-refractivity contribution is 7.92. The van der Waals surface area contributed by atoms with Crippen LogP contribution in [0.2, 0.25) is 0 Å². The van der Waals surface area contributed by atoms with Crippen LogP contribution in [0.25, 0.3) is 10.2 Å². The topological polar surface area (TPSA) is 85.8 Å². The minimum absolute atomic E-state index is 0.0325. The summed E-state index contributed by atoms with van der Waals surface area (Å²) < 4.78 is 50.6. The van der Waals surface area contributed by atoms with Gasteiger partial charge in [-0.15, -0.1) is 0 Å². The number of methoxy groups -OCH3 is 1. The van der Waals surface area contributed by atoms with E-state index in [0.29, 0.717) is 27.7 Å². The second-order valence-corrected chi connectivity index (χ2v) is 10.2. The first-order valence-corrected chi connectivity index (χ1v) is 12.2. The monoisotopic (exact) mass is 464 g/mol. The van der Waals surface area contributed by atoms with Crippen LogP contribution in [0.1, 0.15) is 12.8 Å². The Bertz CT molecular complexity index is 1190. The molecule has 0 aliphatic carbocycles. The molecule has 7 nitrogen and oxygen atoms in total. The van der Waals surface area contributed by atoms with Crippen LogP contribution >= 0.6 is 11.3 Å².